The lowest BCUT2D eigenvalue weighted by Crippen LogP contribution is -2.56. The summed E-state index contributed by atoms with van der Waals surface area (Å²) in [6.07, 6.45) is 2.97. The molecule has 172 valence electrons. The third-order valence-electron chi connectivity index (χ3n) is 8.49. The predicted molar refractivity (Wildman–Crippen MR) is 111 cm³/mol. The number of hydrazone groups is 1. The molecule has 2 atom stereocenters. The summed E-state index contributed by atoms with van der Waals surface area (Å²) in [6.45, 7) is 0.713. The van der Waals surface area contributed by atoms with Gasteiger partial charge in [-0.25, -0.2) is 4.79 Å². The van der Waals surface area contributed by atoms with Crippen molar-refractivity contribution in [1.82, 2.24) is 10.1 Å². The third-order valence-corrected chi connectivity index (χ3v) is 8.49. The molecule has 0 radical (unpaired) electrons. The number of rotatable bonds is 3. The van der Waals surface area contributed by atoms with Crippen molar-refractivity contribution in [3.63, 3.8) is 0 Å². The van der Waals surface area contributed by atoms with Crippen molar-refractivity contribution < 1.29 is 22.8 Å². The minimum absolute atomic E-state index is 0.0774. The number of benzene rings is 1. The summed E-state index contributed by atoms with van der Waals surface area (Å²) in [5.41, 5.74) is 1.09. The Morgan fingerprint density at radius 1 is 1.00 bits per heavy atom. The molecule has 5 fully saturated rings. The Hall–Kier alpha value is -2.25. The van der Waals surface area contributed by atoms with Crippen molar-refractivity contribution in [1.29, 1.82) is 0 Å². The number of hydrogen-bond donors (Lipinski definition) is 0. The summed E-state index contributed by atoms with van der Waals surface area (Å²) < 4.78 is 39.0. The van der Waals surface area contributed by atoms with Gasteiger partial charge in [-0.1, -0.05) is 35.5 Å². The molecule has 1 saturated heterocycles. The van der Waals surface area contributed by atoms with Gasteiger partial charge in [0.25, 0.3) is 0 Å². The van der Waals surface area contributed by atoms with E-state index in [1.165, 1.54) is 19.3 Å². The van der Waals surface area contributed by atoms with E-state index < -0.39 is 18.3 Å². The summed E-state index contributed by atoms with van der Waals surface area (Å²) in [5, 5.41) is 5.62. The van der Waals surface area contributed by atoms with E-state index in [-0.39, 0.29) is 11.3 Å². The molecule has 5 nitrogen and oxygen atoms in total. The molecule has 0 spiro atoms. The first-order valence-corrected chi connectivity index (χ1v) is 11.8. The van der Waals surface area contributed by atoms with Gasteiger partial charge in [0.2, 0.25) is 0 Å². The third kappa shape index (κ3) is 3.28. The highest BCUT2D eigenvalue weighted by Gasteiger charge is 2.58. The molecule has 4 saturated carbocycles. The van der Waals surface area contributed by atoms with Gasteiger partial charge >= 0.3 is 12.1 Å². The molecule has 1 aromatic rings. The largest absolute Gasteiger partial charge is 0.493 e. The Morgan fingerprint density at radius 3 is 2.22 bits per heavy atom. The molecule has 32 heavy (non-hydrogen) atoms. The van der Waals surface area contributed by atoms with E-state index in [0.717, 1.165) is 42.3 Å². The monoisotopic (exact) mass is 447 g/mol. The molecule has 1 aromatic carbocycles. The molecule has 0 aromatic heterocycles. The maximum absolute atomic E-state index is 13.0. The Kier molecular flexibility index (Phi) is 4.53. The first-order valence-electron chi connectivity index (χ1n) is 11.8. The van der Waals surface area contributed by atoms with Crippen LogP contribution in [0.1, 0.15) is 62.8 Å². The maximum Gasteiger partial charge on any atom is 0.493 e. The number of carbonyl (C=O) groups is 1. The van der Waals surface area contributed by atoms with Gasteiger partial charge in [0.15, 0.2) is 6.17 Å². The molecule has 8 heteroatoms. The SMILES string of the molecule is O=C(ON1N=C(C23CC4CC(CC(C4)C2)C3)N2CCC(c3ccccc3)CC12)C(F)(F)F. The van der Waals surface area contributed by atoms with Crippen molar-refractivity contribution in [2.75, 3.05) is 6.54 Å². The maximum atomic E-state index is 13.0. The highest BCUT2D eigenvalue weighted by atomic mass is 19.4. The fourth-order valence-corrected chi connectivity index (χ4v) is 7.66. The second kappa shape index (κ2) is 7.12. The van der Waals surface area contributed by atoms with Gasteiger partial charge < -0.3 is 9.74 Å². The molecule has 2 unspecified atom stereocenters. The van der Waals surface area contributed by atoms with E-state index in [1.54, 1.807) is 0 Å². The van der Waals surface area contributed by atoms with Crippen LogP contribution in [-0.2, 0) is 9.63 Å². The minimum atomic E-state index is -5.04. The van der Waals surface area contributed by atoms with E-state index in [2.05, 4.69) is 22.1 Å². The number of halogens is 3. The first-order chi connectivity index (χ1) is 15.3. The fraction of sp³-hybridized carbons (Fsp3) is 0.667. The minimum Gasteiger partial charge on any atom is -0.333 e. The van der Waals surface area contributed by atoms with Gasteiger partial charge in [-0.3, -0.25) is 0 Å². The van der Waals surface area contributed by atoms with Gasteiger partial charge in [0.1, 0.15) is 5.84 Å². The van der Waals surface area contributed by atoms with Crippen LogP contribution in [0.4, 0.5) is 13.2 Å². The summed E-state index contributed by atoms with van der Waals surface area (Å²) >= 11 is 0. The van der Waals surface area contributed by atoms with Crippen molar-refractivity contribution in [2.45, 2.75) is 69.6 Å². The van der Waals surface area contributed by atoms with Gasteiger partial charge in [-0.05, 0) is 80.6 Å². The van der Waals surface area contributed by atoms with Gasteiger partial charge in [-0.2, -0.15) is 13.2 Å². The lowest BCUT2D eigenvalue weighted by atomic mass is 9.49. The molecule has 0 amide bonds. The summed E-state index contributed by atoms with van der Waals surface area (Å²) in [4.78, 5) is 18.8. The Bertz CT molecular complexity index is 897. The zero-order valence-corrected chi connectivity index (χ0v) is 17.9. The molecule has 2 heterocycles. The summed E-state index contributed by atoms with van der Waals surface area (Å²) in [5.74, 6) is 0.941. The van der Waals surface area contributed by atoms with Crippen molar-refractivity contribution in [2.24, 2.45) is 28.3 Å². The van der Waals surface area contributed by atoms with E-state index in [9.17, 15) is 18.0 Å². The number of hydroxylamine groups is 1. The van der Waals surface area contributed by atoms with E-state index in [0.29, 0.717) is 30.7 Å². The van der Waals surface area contributed by atoms with Crippen molar-refractivity contribution >= 4 is 11.8 Å². The topological polar surface area (TPSA) is 45.1 Å². The van der Waals surface area contributed by atoms with Crippen molar-refractivity contribution in [3.05, 3.63) is 35.9 Å². The van der Waals surface area contributed by atoms with Crippen LogP contribution in [0.5, 0.6) is 0 Å². The quantitative estimate of drug-likeness (QED) is 0.650. The van der Waals surface area contributed by atoms with Crippen LogP contribution in [0.25, 0.3) is 0 Å². The number of nitrogens with zero attached hydrogens (tertiary/aromatic N) is 3. The number of fused-ring (bicyclic) bond motifs is 1. The Balaban J connectivity index is 1.31. The molecule has 6 aliphatic rings. The Labute approximate surface area is 185 Å². The second-order valence-corrected chi connectivity index (χ2v) is 10.6. The van der Waals surface area contributed by atoms with Crippen LogP contribution in [0.2, 0.25) is 0 Å². The molecule has 0 N–H and O–H groups in total. The van der Waals surface area contributed by atoms with E-state index in [4.69, 9.17) is 4.84 Å². The number of amidine groups is 1. The molecule has 4 aliphatic carbocycles. The second-order valence-electron chi connectivity index (χ2n) is 10.6. The summed E-state index contributed by atoms with van der Waals surface area (Å²) in [6, 6.07) is 10.0. The highest BCUT2D eigenvalue weighted by Crippen LogP contribution is 2.61. The zero-order valence-electron chi connectivity index (χ0n) is 17.9. The lowest BCUT2D eigenvalue weighted by Gasteiger charge is -2.57. The molecule has 7 rings (SSSR count). The zero-order chi connectivity index (χ0) is 22.1. The fourth-order valence-electron chi connectivity index (χ4n) is 7.66. The lowest BCUT2D eigenvalue weighted by molar-refractivity contribution is -0.252. The first kappa shape index (κ1) is 20.4. The van der Waals surface area contributed by atoms with Crippen molar-refractivity contribution in [3.8, 4) is 0 Å². The standard InChI is InChI=1S/C24H28F3N3O2/c25-24(26,27)22(31)32-30-20-11-19(18-4-2-1-3-5-18)6-7-29(20)21(28-30)23-12-15-8-16(13-23)10-17(9-15)14-23/h1-5,15-17,19-20H,6-14H2. The smallest absolute Gasteiger partial charge is 0.333 e. The van der Waals surface area contributed by atoms with Crippen LogP contribution in [0.3, 0.4) is 0 Å². The average molecular weight is 448 g/mol. The highest BCUT2D eigenvalue weighted by molar-refractivity contribution is 5.90. The molecular formula is C24H28F3N3O2. The number of carbonyl (C=O) groups excluding carboxylic acids is 1. The Morgan fingerprint density at radius 2 is 1.62 bits per heavy atom. The van der Waals surface area contributed by atoms with Crippen LogP contribution in [0.15, 0.2) is 35.4 Å². The van der Waals surface area contributed by atoms with Crippen LogP contribution in [-0.4, -0.2) is 40.8 Å². The van der Waals surface area contributed by atoms with Gasteiger partial charge in [-0.15, -0.1) is 5.10 Å². The number of alkyl halides is 3. The number of hydrogen-bond acceptors (Lipinski definition) is 5. The molecule has 2 aliphatic heterocycles. The molecular weight excluding hydrogens is 419 g/mol. The van der Waals surface area contributed by atoms with E-state index in [1.807, 2.05) is 18.2 Å². The summed E-state index contributed by atoms with van der Waals surface area (Å²) in [7, 11) is 0. The molecule has 4 bridgehead atoms. The van der Waals surface area contributed by atoms with Crippen LogP contribution < -0.4 is 0 Å². The van der Waals surface area contributed by atoms with Crippen LogP contribution >= 0.6 is 0 Å². The van der Waals surface area contributed by atoms with Gasteiger partial charge in [0.05, 0.1) is 0 Å². The average Bonchev–Trinajstić information content (AvgIpc) is 3.11. The number of piperidine rings is 1. The van der Waals surface area contributed by atoms with E-state index >= 15 is 0 Å². The van der Waals surface area contributed by atoms with Gasteiger partial charge in [0, 0.05) is 12.0 Å². The predicted octanol–water partition coefficient (Wildman–Crippen LogP) is 5.06. The van der Waals surface area contributed by atoms with Crippen LogP contribution in [0, 0.1) is 23.2 Å². The normalized spacial score (nSPS) is 38.0.